The van der Waals surface area contributed by atoms with Gasteiger partial charge in [-0.05, 0) is 49.6 Å². The Kier molecular flexibility index (Phi) is 4.30. The summed E-state index contributed by atoms with van der Waals surface area (Å²) in [7, 11) is 0. The third kappa shape index (κ3) is 3.31. The van der Waals surface area contributed by atoms with E-state index in [0.717, 1.165) is 5.56 Å². The van der Waals surface area contributed by atoms with Crippen LogP contribution in [0.15, 0.2) is 42.5 Å². The van der Waals surface area contributed by atoms with Crippen molar-refractivity contribution in [2.24, 2.45) is 0 Å². The molecule has 0 heterocycles. The van der Waals surface area contributed by atoms with Crippen molar-refractivity contribution in [3.63, 3.8) is 0 Å². The van der Waals surface area contributed by atoms with Crippen LogP contribution in [0.4, 0.5) is 0 Å². The first-order valence-electron chi connectivity index (χ1n) is 6.82. The molecule has 0 saturated carbocycles. The Bertz CT molecular complexity index is 575. The lowest BCUT2D eigenvalue weighted by Gasteiger charge is -2.22. The Morgan fingerprint density at radius 2 is 1.50 bits per heavy atom. The Morgan fingerprint density at radius 1 is 0.900 bits per heavy atom. The van der Waals surface area contributed by atoms with Gasteiger partial charge < -0.3 is 15.5 Å². The highest BCUT2D eigenvalue weighted by Gasteiger charge is 2.13. The van der Waals surface area contributed by atoms with E-state index in [9.17, 15) is 10.2 Å². The third-order valence-corrected chi connectivity index (χ3v) is 3.58. The zero-order valence-corrected chi connectivity index (χ0v) is 12.1. The highest BCUT2D eigenvalue weighted by Crippen LogP contribution is 2.27. The van der Waals surface area contributed by atoms with E-state index in [2.05, 4.69) is 31.3 Å². The summed E-state index contributed by atoms with van der Waals surface area (Å²) in [5, 5.41) is 22.6. The van der Waals surface area contributed by atoms with E-state index in [1.807, 2.05) is 19.1 Å². The molecule has 3 N–H and O–H groups in total. The molecule has 0 spiro atoms. The van der Waals surface area contributed by atoms with Crippen LogP contribution in [0.3, 0.4) is 0 Å². The van der Waals surface area contributed by atoms with E-state index in [4.69, 9.17) is 0 Å². The van der Waals surface area contributed by atoms with Gasteiger partial charge in [-0.1, -0.05) is 24.3 Å². The standard InChI is InChI=1S/C17H21NO2/c1-11-6-4-5-7-17(11)13(3)18-12(2)14-8-15(19)10-16(20)9-14/h4-10,12-13,18-20H,1-3H3/t12?,13-/m1/s1. The van der Waals surface area contributed by atoms with Gasteiger partial charge in [0.2, 0.25) is 0 Å². The Hall–Kier alpha value is -2.00. The maximum atomic E-state index is 9.55. The van der Waals surface area contributed by atoms with Crippen LogP contribution in [0.1, 0.15) is 42.6 Å². The first-order chi connectivity index (χ1) is 9.47. The summed E-state index contributed by atoms with van der Waals surface area (Å²) in [5.41, 5.74) is 3.37. The molecule has 3 nitrogen and oxygen atoms in total. The Morgan fingerprint density at radius 3 is 2.10 bits per heavy atom. The number of benzene rings is 2. The van der Waals surface area contributed by atoms with E-state index in [0.29, 0.717) is 0 Å². The molecular formula is C17H21NO2. The quantitative estimate of drug-likeness (QED) is 0.792. The molecule has 0 aliphatic heterocycles. The Balaban J connectivity index is 2.15. The maximum Gasteiger partial charge on any atom is 0.119 e. The maximum absolute atomic E-state index is 9.55. The van der Waals surface area contributed by atoms with Crippen LogP contribution in [0.2, 0.25) is 0 Å². The van der Waals surface area contributed by atoms with Crippen molar-refractivity contribution in [1.82, 2.24) is 5.32 Å². The number of hydrogen-bond donors (Lipinski definition) is 3. The second-order valence-corrected chi connectivity index (χ2v) is 5.25. The molecule has 0 saturated heterocycles. The van der Waals surface area contributed by atoms with Gasteiger partial charge in [0.1, 0.15) is 11.5 Å². The van der Waals surface area contributed by atoms with Crippen molar-refractivity contribution in [2.45, 2.75) is 32.9 Å². The van der Waals surface area contributed by atoms with Gasteiger partial charge in [-0.3, -0.25) is 0 Å². The lowest BCUT2D eigenvalue weighted by atomic mass is 10.0. The summed E-state index contributed by atoms with van der Waals surface area (Å²) in [6.07, 6.45) is 0. The SMILES string of the molecule is Cc1ccccc1[C@@H](C)NC(C)c1cc(O)cc(O)c1. The average molecular weight is 271 g/mol. The lowest BCUT2D eigenvalue weighted by Crippen LogP contribution is -2.23. The fourth-order valence-corrected chi connectivity index (χ4v) is 2.50. The van der Waals surface area contributed by atoms with Crippen molar-refractivity contribution in [2.75, 3.05) is 0 Å². The van der Waals surface area contributed by atoms with Crippen LogP contribution in [-0.2, 0) is 0 Å². The van der Waals surface area contributed by atoms with Crippen LogP contribution in [0.5, 0.6) is 11.5 Å². The number of phenols is 2. The predicted molar refractivity (Wildman–Crippen MR) is 80.9 cm³/mol. The number of aromatic hydroxyl groups is 2. The number of rotatable bonds is 4. The van der Waals surface area contributed by atoms with Crippen LogP contribution in [0.25, 0.3) is 0 Å². The first kappa shape index (κ1) is 14.4. The zero-order valence-electron chi connectivity index (χ0n) is 12.1. The molecular weight excluding hydrogens is 250 g/mol. The third-order valence-electron chi connectivity index (χ3n) is 3.58. The molecule has 0 fully saturated rings. The first-order valence-corrected chi connectivity index (χ1v) is 6.82. The molecule has 2 aromatic carbocycles. The minimum atomic E-state index is 0.0302. The largest absolute Gasteiger partial charge is 0.508 e. The molecule has 0 aliphatic rings. The van der Waals surface area contributed by atoms with Crippen LogP contribution in [0, 0.1) is 6.92 Å². The molecule has 3 heteroatoms. The van der Waals surface area contributed by atoms with Crippen LogP contribution >= 0.6 is 0 Å². The fourth-order valence-electron chi connectivity index (χ4n) is 2.50. The van der Waals surface area contributed by atoms with Crippen molar-refractivity contribution in [1.29, 1.82) is 0 Å². The van der Waals surface area contributed by atoms with E-state index in [-0.39, 0.29) is 23.6 Å². The van der Waals surface area contributed by atoms with Gasteiger partial charge in [0.05, 0.1) is 0 Å². The van der Waals surface area contributed by atoms with Gasteiger partial charge in [0, 0.05) is 18.2 Å². The van der Waals surface area contributed by atoms with E-state index >= 15 is 0 Å². The lowest BCUT2D eigenvalue weighted by molar-refractivity contribution is 0.442. The summed E-state index contributed by atoms with van der Waals surface area (Å²) in [4.78, 5) is 0. The molecule has 20 heavy (non-hydrogen) atoms. The van der Waals surface area contributed by atoms with E-state index in [1.54, 1.807) is 12.1 Å². The smallest absolute Gasteiger partial charge is 0.119 e. The molecule has 106 valence electrons. The van der Waals surface area contributed by atoms with Gasteiger partial charge in [-0.15, -0.1) is 0 Å². The average Bonchev–Trinajstić information content (AvgIpc) is 2.37. The van der Waals surface area contributed by atoms with E-state index in [1.165, 1.54) is 17.2 Å². The molecule has 2 atom stereocenters. The fraction of sp³-hybridized carbons (Fsp3) is 0.294. The topological polar surface area (TPSA) is 52.5 Å². The molecule has 0 radical (unpaired) electrons. The van der Waals surface area contributed by atoms with Gasteiger partial charge in [0.25, 0.3) is 0 Å². The van der Waals surface area contributed by atoms with Gasteiger partial charge in [-0.25, -0.2) is 0 Å². The van der Waals surface area contributed by atoms with Crippen LogP contribution < -0.4 is 5.32 Å². The van der Waals surface area contributed by atoms with Gasteiger partial charge >= 0.3 is 0 Å². The number of nitrogens with one attached hydrogen (secondary N) is 1. The van der Waals surface area contributed by atoms with Crippen molar-refractivity contribution < 1.29 is 10.2 Å². The highest BCUT2D eigenvalue weighted by molar-refractivity contribution is 5.38. The summed E-state index contributed by atoms with van der Waals surface area (Å²) >= 11 is 0. The summed E-state index contributed by atoms with van der Waals surface area (Å²) in [6, 6.07) is 13.2. The molecule has 0 amide bonds. The normalized spacial score (nSPS) is 13.9. The minimum absolute atomic E-state index is 0.0302. The van der Waals surface area contributed by atoms with E-state index < -0.39 is 0 Å². The van der Waals surface area contributed by atoms with Crippen LogP contribution in [-0.4, -0.2) is 10.2 Å². The monoisotopic (exact) mass is 271 g/mol. The van der Waals surface area contributed by atoms with Crippen molar-refractivity contribution in [3.8, 4) is 11.5 Å². The zero-order chi connectivity index (χ0) is 14.7. The molecule has 2 aromatic rings. The summed E-state index contributed by atoms with van der Waals surface area (Å²) in [6.45, 7) is 6.23. The predicted octanol–water partition coefficient (Wildman–Crippen LogP) is 3.82. The highest BCUT2D eigenvalue weighted by atomic mass is 16.3. The van der Waals surface area contributed by atoms with Gasteiger partial charge in [-0.2, -0.15) is 0 Å². The Labute approximate surface area is 119 Å². The summed E-state index contributed by atoms with van der Waals surface area (Å²) < 4.78 is 0. The molecule has 2 rings (SSSR count). The number of hydrogen-bond acceptors (Lipinski definition) is 3. The molecule has 0 aromatic heterocycles. The molecule has 0 bridgehead atoms. The minimum Gasteiger partial charge on any atom is -0.508 e. The number of aryl methyl sites for hydroxylation is 1. The summed E-state index contributed by atoms with van der Waals surface area (Å²) in [5.74, 6) is 0.161. The van der Waals surface area contributed by atoms with Gasteiger partial charge in [0.15, 0.2) is 0 Å². The number of phenolic OH excluding ortho intramolecular Hbond substituents is 2. The second-order valence-electron chi connectivity index (χ2n) is 5.25. The molecule has 0 aliphatic carbocycles. The van der Waals surface area contributed by atoms with Crippen molar-refractivity contribution in [3.05, 3.63) is 59.2 Å². The van der Waals surface area contributed by atoms with Crippen molar-refractivity contribution >= 4 is 0 Å². The molecule has 1 unspecified atom stereocenters. The second kappa shape index (κ2) is 5.97.